The highest BCUT2D eigenvalue weighted by atomic mass is 16.3. The van der Waals surface area contributed by atoms with Gasteiger partial charge in [-0.2, -0.15) is 0 Å². The fraction of sp³-hybridized carbons (Fsp3) is 0.480. The summed E-state index contributed by atoms with van der Waals surface area (Å²) in [6.45, 7) is 4.19. The number of piperidine rings is 1. The van der Waals surface area contributed by atoms with Gasteiger partial charge in [0.1, 0.15) is 0 Å². The zero-order valence-corrected chi connectivity index (χ0v) is 18.7. The molecule has 2 aliphatic heterocycles. The van der Waals surface area contributed by atoms with E-state index in [1.54, 1.807) is 26.1 Å². The number of amides is 1. The highest BCUT2D eigenvalue weighted by Crippen LogP contribution is 2.34. The number of hydrogen-bond donors (Lipinski definition) is 1. The highest BCUT2D eigenvalue weighted by Gasteiger charge is 2.35. The Kier molecular flexibility index (Phi) is 6.58. The molecule has 0 radical (unpaired) electrons. The van der Waals surface area contributed by atoms with Gasteiger partial charge in [0, 0.05) is 44.4 Å². The maximum absolute atomic E-state index is 12.7. The number of aliphatic hydroxyl groups is 1. The van der Waals surface area contributed by atoms with Gasteiger partial charge in [-0.3, -0.25) is 19.3 Å². The summed E-state index contributed by atoms with van der Waals surface area (Å²) in [5.74, 6) is 0.178. The van der Waals surface area contributed by atoms with Crippen LogP contribution in [-0.2, 0) is 16.1 Å². The van der Waals surface area contributed by atoms with Gasteiger partial charge in [0.15, 0.2) is 5.78 Å². The standard InChI is InChI=1S/C25H31N3O4/c1-17(25(32)19-7-4-3-5-8-19)26(2)24(31)12-21(29)16-27-13-18-11-20(15-27)22-9-6-10-23(30)28(22)14-18/h3-10,17-18,20,25,32H,11-16H2,1-2H3. The van der Waals surface area contributed by atoms with Crippen molar-refractivity contribution in [2.24, 2.45) is 5.92 Å². The van der Waals surface area contributed by atoms with Gasteiger partial charge in [0.05, 0.1) is 25.1 Å². The van der Waals surface area contributed by atoms with Crippen molar-refractivity contribution in [3.8, 4) is 0 Å². The molecule has 170 valence electrons. The van der Waals surface area contributed by atoms with Crippen molar-refractivity contribution in [3.63, 3.8) is 0 Å². The molecular weight excluding hydrogens is 406 g/mol. The van der Waals surface area contributed by atoms with Crippen molar-refractivity contribution in [3.05, 3.63) is 70.1 Å². The molecule has 1 aromatic heterocycles. The maximum Gasteiger partial charge on any atom is 0.250 e. The smallest absolute Gasteiger partial charge is 0.250 e. The normalized spacial score (nSPS) is 22.0. The number of aromatic nitrogens is 1. The van der Waals surface area contributed by atoms with Gasteiger partial charge in [-0.15, -0.1) is 0 Å². The summed E-state index contributed by atoms with van der Waals surface area (Å²) in [7, 11) is 1.63. The minimum absolute atomic E-state index is 0.0437. The largest absolute Gasteiger partial charge is 0.386 e. The molecule has 1 N–H and O–H groups in total. The van der Waals surface area contributed by atoms with Gasteiger partial charge in [0.25, 0.3) is 5.56 Å². The number of hydrogen-bond acceptors (Lipinski definition) is 5. The Hall–Kier alpha value is -2.77. The molecule has 1 saturated heterocycles. The summed E-state index contributed by atoms with van der Waals surface area (Å²) in [6, 6.07) is 14.2. The predicted octanol–water partition coefficient (Wildman–Crippen LogP) is 1.81. The lowest BCUT2D eigenvalue weighted by atomic mass is 9.83. The molecule has 4 atom stereocenters. The summed E-state index contributed by atoms with van der Waals surface area (Å²) >= 11 is 0. The molecule has 4 unspecified atom stereocenters. The third-order valence-corrected chi connectivity index (χ3v) is 6.91. The first-order valence-electron chi connectivity index (χ1n) is 11.3. The van der Waals surface area contributed by atoms with E-state index in [-0.39, 0.29) is 36.1 Å². The first kappa shape index (κ1) is 22.4. The number of carbonyl (C=O) groups excluding carboxylic acids is 2. The first-order valence-corrected chi connectivity index (χ1v) is 11.3. The van der Waals surface area contributed by atoms with Crippen LogP contribution >= 0.6 is 0 Å². The van der Waals surface area contributed by atoms with Crippen molar-refractivity contribution in [1.29, 1.82) is 0 Å². The summed E-state index contributed by atoms with van der Waals surface area (Å²) in [4.78, 5) is 41.2. The Balaban J connectivity index is 1.33. The molecule has 3 heterocycles. The third-order valence-electron chi connectivity index (χ3n) is 6.91. The van der Waals surface area contributed by atoms with Gasteiger partial charge in [0.2, 0.25) is 5.91 Å². The molecule has 4 rings (SSSR count). The molecular formula is C25H31N3O4. The van der Waals surface area contributed by atoms with Crippen LogP contribution in [0, 0.1) is 5.92 Å². The number of ketones is 1. The number of Topliss-reactive ketones (excluding diaryl/α,β-unsaturated/α-hetero) is 1. The molecule has 1 amide bonds. The van der Waals surface area contributed by atoms with Crippen LogP contribution in [0.5, 0.6) is 0 Å². The monoisotopic (exact) mass is 437 g/mol. The summed E-state index contributed by atoms with van der Waals surface area (Å²) < 4.78 is 1.87. The first-order chi connectivity index (χ1) is 15.3. The van der Waals surface area contributed by atoms with E-state index in [4.69, 9.17) is 0 Å². The van der Waals surface area contributed by atoms with Gasteiger partial charge in [-0.1, -0.05) is 36.4 Å². The minimum atomic E-state index is -0.815. The molecule has 7 heteroatoms. The van der Waals surface area contributed by atoms with Crippen LogP contribution in [0.4, 0.5) is 0 Å². The van der Waals surface area contributed by atoms with Crippen LogP contribution in [0.2, 0.25) is 0 Å². The average Bonchev–Trinajstić information content (AvgIpc) is 2.78. The number of likely N-dealkylation sites (N-methyl/N-ethyl adjacent to an activating group) is 1. The number of rotatable bonds is 7. The summed E-state index contributed by atoms with van der Waals surface area (Å²) in [5.41, 5.74) is 1.83. The van der Waals surface area contributed by atoms with Crippen LogP contribution in [0.15, 0.2) is 53.3 Å². The molecule has 0 saturated carbocycles. The van der Waals surface area contributed by atoms with E-state index in [1.165, 1.54) is 4.90 Å². The van der Waals surface area contributed by atoms with Gasteiger partial charge in [-0.25, -0.2) is 0 Å². The van der Waals surface area contributed by atoms with Gasteiger partial charge >= 0.3 is 0 Å². The summed E-state index contributed by atoms with van der Waals surface area (Å²) in [6.07, 6.45) is 0.0414. The van der Waals surface area contributed by atoms with Gasteiger partial charge < -0.3 is 14.6 Å². The molecule has 1 fully saturated rings. The van der Waals surface area contributed by atoms with Crippen molar-refractivity contribution in [1.82, 2.24) is 14.4 Å². The van der Waals surface area contributed by atoms with Gasteiger partial charge in [-0.05, 0) is 30.9 Å². The molecule has 7 nitrogen and oxygen atoms in total. The molecule has 2 bridgehead atoms. The fourth-order valence-corrected chi connectivity index (χ4v) is 5.09. The van der Waals surface area contributed by atoms with Crippen LogP contribution < -0.4 is 5.56 Å². The number of fused-ring (bicyclic) bond motifs is 4. The topological polar surface area (TPSA) is 82.8 Å². The zero-order valence-electron chi connectivity index (χ0n) is 18.7. The zero-order chi connectivity index (χ0) is 22.8. The molecule has 1 aromatic carbocycles. The maximum atomic E-state index is 12.7. The Labute approximate surface area is 188 Å². The van der Waals surface area contributed by atoms with E-state index in [0.29, 0.717) is 12.5 Å². The number of aliphatic hydroxyl groups excluding tert-OH is 1. The summed E-state index contributed by atoms with van der Waals surface area (Å²) in [5, 5.41) is 10.6. The van der Waals surface area contributed by atoms with E-state index >= 15 is 0 Å². The van der Waals surface area contributed by atoms with E-state index in [2.05, 4.69) is 4.90 Å². The van der Waals surface area contributed by atoms with Crippen LogP contribution in [0.1, 0.15) is 43.0 Å². The second-order valence-corrected chi connectivity index (χ2v) is 9.21. The average molecular weight is 438 g/mol. The Morgan fingerprint density at radius 1 is 1.09 bits per heavy atom. The Morgan fingerprint density at radius 2 is 1.84 bits per heavy atom. The highest BCUT2D eigenvalue weighted by molar-refractivity contribution is 5.99. The van der Waals surface area contributed by atoms with Crippen molar-refractivity contribution in [2.75, 3.05) is 26.7 Å². The molecule has 2 aliphatic rings. The van der Waals surface area contributed by atoms with E-state index < -0.39 is 12.1 Å². The lowest BCUT2D eigenvalue weighted by molar-refractivity contribution is -0.138. The lowest BCUT2D eigenvalue weighted by Gasteiger charge is -2.42. The number of pyridine rings is 1. The second-order valence-electron chi connectivity index (χ2n) is 9.21. The van der Waals surface area contributed by atoms with Crippen molar-refractivity contribution in [2.45, 2.75) is 44.4 Å². The minimum Gasteiger partial charge on any atom is -0.386 e. The number of nitrogens with zero attached hydrogens (tertiary/aromatic N) is 3. The molecule has 0 aliphatic carbocycles. The Morgan fingerprint density at radius 3 is 2.59 bits per heavy atom. The third kappa shape index (κ3) is 4.69. The predicted molar refractivity (Wildman–Crippen MR) is 121 cm³/mol. The quantitative estimate of drug-likeness (QED) is 0.668. The molecule has 2 aromatic rings. The van der Waals surface area contributed by atoms with Crippen LogP contribution in [0.3, 0.4) is 0 Å². The van der Waals surface area contributed by atoms with E-state index in [1.807, 2.05) is 41.0 Å². The molecule has 0 spiro atoms. The van der Waals surface area contributed by atoms with Crippen LogP contribution in [0.25, 0.3) is 0 Å². The number of benzene rings is 1. The van der Waals surface area contributed by atoms with E-state index in [9.17, 15) is 19.5 Å². The van der Waals surface area contributed by atoms with Crippen molar-refractivity contribution >= 4 is 11.7 Å². The van der Waals surface area contributed by atoms with Crippen LogP contribution in [-0.4, -0.2) is 63.9 Å². The second kappa shape index (κ2) is 9.38. The number of likely N-dealkylation sites (tertiary alicyclic amines) is 1. The van der Waals surface area contributed by atoms with Crippen molar-refractivity contribution < 1.29 is 14.7 Å². The number of carbonyl (C=O) groups is 2. The SMILES string of the molecule is CC(C(O)c1ccccc1)N(C)C(=O)CC(=O)CN1CC2CC(C1)c1cccc(=O)n1C2. The Bertz CT molecular complexity index is 1030. The lowest BCUT2D eigenvalue weighted by Crippen LogP contribution is -2.48. The van der Waals surface area contributed by atoms with E-state index in [0.717, 1.165) is 30.8 Å². The fourth-order valence-electron chi connectivity index (χ4n) is 5.09. The molecule has 32 heavy (non-hydrogen) atoms.